The summed E-state index contributed by atoms with van der Waals surface area (Å²) in [4.78, 5) is 5.00. The largest absolute Gasteiger partial charge is 0.394 e. The summed E-state index contributed by atoms with van der Waals surface area (Å²) >= 11 is 5.88. The van der Waals surface area contributed by atoms with Crippen molar-refractivity contribution in [2.45, 2.75) is 24.5 Å². The van der Waals surface area contributed by atoms with Gasteiger partial charge in [0.15, 0.2) is 16.9 Å². The average molecular weight is 287 g/mol. The third kappa shape index (κ3) is 1.97. The summed E-state index contributed by atoms with van der Waals surface area (Å²) < 4.78 is 5.32. The molecule has 9 heteroatoms. The number of aliphatic hydroxyl groups excluding tert-OH is 3. The van der Waals surface area contributed by atoms with Gasteiger partial charge in [-0.3, -0.25) is 0 Å². The van der Waals surface area contributed by atoms with Crippen LogP contribution in [-0.4, -0.2) is 60.2 Å². The van der Waals surface area contributed by atoms with Crippen molar-refractivity contribution in [1.82, 2.24) is 20.0 Å². The molecule has 0 saturated carbocycles. The van der Waals surface area contributed by atoms with Gasteiger partial charge in [-0.25, -0.2) is 4.98 Å². The molecule has 0 unspecified atom stereocenters. The molecule has 0 radical (unpaired) electrons. The number of ether oxygens (including phenoxy) is 1. The highest BCUT2D eigenvalue weighted by atomic mass is 35.5. The van der Waals surface area contributed by atoms with Gasteiger partial charge in [0.1, 0.15) is 23.8 Å². The van der Waals surface area contributed by atoms with Crippen molar-refractivity contribution >= 4 is 22.6 Å². The lowest BCUT2D eigenvalue weighted by Gasteiger charge is -2.12. The van der Waals surface area contributed by atoms with E-state index in [-0.39, 0.29) is 5.15 Å². The number of nitrogens with zero attached hydrogens (tertiary/aromatic N) is 4. The minimum Gasteiger partial charge on any atom is -0.394 e. The Hall–Kier alpha value is -1.32. The smallest absolute Gasteiger partial charge is 0.198 e. The molecule has 0 bridgehead atoms. The molecule has 0 aliphatic carbocycles. The van der Waals surface area contributed by atoms with Gasteiger partial charge in [0.2, 0.25) is 0 Å². The Morgan fingerprint density at radius 3 is 2.74 bits per heavy atom. The van der Waals surface area contributed by atoms with Gasteiger partial charge in [-0.2, -0.15) is 9.90 Å². The molecule has 1 aliphatic heterocycles. The number of pyridine rings is 1. The van der Waals surface area contributed by atoms with Crippen LogP contribution in [0.3, 0.4) is 0 Å². The predicted octanol–water partition coefficient (Wildman–Crippen LogP) is -0.909. The van der Waals surface area contributed by atoms with Crippen molar-refractivity contribution in [1.29, 1.82) is 0 Å². The van der Waals surface area contributed by atoms with E-state index in [0.29, 0.717) is 11.0 Å². The highest BCUT2D eigenvalue weighted by Gasteiger charge is 2.44. The van der Waals surface area contributed by atoms with E-state index in [1.54, 1.807) is 6.07 Å². The normalized spacial score (nSPS) is 31.2. The summed E-state index contributed by atoms with van der Waals surface area (Å²) in [5.41, 5.74) is 0.875. The van der Waals surface area contributed by atoms with Gasteiger partial charge in [0.25, 0.3) is 0 Å². The van der Waals surface area contributed by atoms with E-state index in [2.05, 4.69) is 15.2 Å². The van der Waals surface area contributed by atoms with Crippen molar-refractivity contribution in [2.75, 3.05) is 6.61 Å². The van der Waals surface area contributed by atoms with Crippen molar-refractivity contribution in [2.24, 2.45) is 0 Å². The van der Waals surface area contributed by atoms with Crippen LogP contribution in [0.5, 0.6) is 0 Å². The number of fused-ring (bicyclic) bond motifs is 1. The summed E-state index contributed by atoms with van der Waals surface area (Å²) in [5.74, 6) is 0. The minimum atomic E-state index is -1.23. The number of halogens is 1. The van der Waals surface area contributed by atoms with Gasteiger partial charge in [-0.05, 0) is 6.07 Å². The maximum atomic E-state index is 9.87. The fourth-order valence-electron chi connectivity index (χ4n) is 2.01. The monoisotopic (exact) mass is 286 g/mol. The molecule has 102 valence electrons. The first kappa shape index (κ1) is 12.7. The lowest BCUT2D eigenvalue weighted by molar-refractivity contribution is -0.0650. The first-order chi connectivity index (χ1) is 9.11. The van der Waals surface area contributed by atoms with Crippen LogP contribution in [0.25, 0.3) is 11.0 Å². The molecular weight excluding hydrogens is 276 g/mol. The van der Waals surface area contributed by atoms with Crippen LogP contribution < -0.4 is 0 Å². The van der Waals surface area contributed by atoms with E-state index < -0.39 is 31.1 Å². The van der Waals surface area contributed by atoms with Crippen LogP contribution in [0.1, 0.15) is 6.23 Å². The van der Waals surface area contributed by atoms with Gasteiger partial charge in [-0.15, -0.1) is 5.10 Å². The van der Waals surface area contributed by atoms with Gasteiger partial charge >= 0.3 is 0 Å². The van der Waals surface area contributed by atoms with Crippen LogP contribution in [0.15, 0.2) is 12.3 Å². The Kier molecular flexibility index (Phi) is 3.11. The standard InChI is InChI=1S/C10H11ClN4O4/c11-9-6-4(1-2-12-9)13-15(14-6)10-8(18)7(17)5(3-16)19-10/h1-2,5,7-8,10,16-18H,3H2/t5-,7-,8-,10-/m1/s1. The Labute approximate surface area is 112 Å². The maximum absolute atomic E-state index is 9.87. The van der Waals surface area contributed by atoms with E-state index in [9.17, 15) is 10.2 Å². The van der Waals surface area contributed by atoms with Crippen LogP contribution in [0.4, 0.5) is 0 Å². The third-order valence-corrected chi connectivity index (χ3v) is 3.29. The quantitative estimate of drug-likeness (QED) is 0.613. The molecule has 2 aromatic heterocycles. The molecular formula is C10H11ClN4O4. The second kappa shape index (κ2) is 4.66. The second-order valence-corrected chi connectivity index (χ2v) is 4.58. The number of aromatic nitrogens is 4. The first-order valence-electron chi connectivity index (χ1n) is 5.61. The third-order valence-electron chi connectivity index (χ3n) is 3.02. The van der Waals surface area contributed by atoms with E-state index in [1.165, 1.54) is 6.20 Å². The van der Waals surface area contributed by atoms with Crippen molar-refractivity contribution in [3.05, 3.63) is 17.4 Å². The SMILES string of the molecule is OC[C@H]1O[C@@H](n2nc3ccnc(Cl)c3n2)[C@H](O)[C@@H]1O. The Bertz CT molecular complexity index is 606. The second-order valence-electron chi connectivity index (χ2n) is 4.22. The predicted molar refractivity (Wildman–Crippen MR) is 63.3 cm³/mol. The van der Waals surface area contributed by atoms with Crippen molar-refractivity contribution in [3.8, 4) is 0 Å². The van der Waals surface area contributed by atoms with Gasteiger partial charge in [0, 0.05) is 6.20 Å². The van der Waals surface area contributed by atoms with E-state index >= 15 is 0 Å². The molecule has 0 amide bonds. The summed E-state index contributed by atoms with van der Waals surface area (Å²) in [7, 11) is 0. The highest BCUT2D eigenvalue weighted by Crippen LogP contribution is 2.29. The maximum Gasteiger partial charge on any atom is 0.198 e. The summed E-state index contributed by atoms with van der Waals surface area (Å²) in [6, 6.07) is 1.62. The average Bonchev–Trinajstić information content (AvgIpc) is 2.94. The fraction of sp³-hybridized carbons (Fsp3) is 0.500. The Balaban J connectivity index is 1.99. The molecule has 19 heavy (non-hydrogen) atoms. The number of rotatable bonds is 2. The lowest BCUT2D eigenvalue weighted by atomic mass is 10.1. The first-order valence-corrected chi connectivity index (χ1v) is 5.99. The number of hydrogen-bond acceptors (Lipinski definition) is 7. The fourth-order valence-corrected chi connectivity index (χ4v) is 2.20. The number of hydrogen-bond donors (Lipinski definition) is 3. The van der Waals surface area contributed by atoms with E-state index in [0.717, 1.165) is 4.80 Å². The molecule has 1 fully saturated rings. The van der Waals surface area contributed by atoms with Crippen LogP contribution in [0.2, 0.25) is 5.15 Å². The summed E-state index contributed by atoms with van der Waals surface area (Å²) in [6.07, 6.45) is -2.79. The molecule has 2 aromatic rings. The highest BCUT2D eigenvalue weighted by molar-refractivity contribution is 6.33. The van der Waals surface area contributed by atoms with Gasteiger partial charge in [0.05, 0.1) is 6.61 Å². The zero-order valence-corrected chi connectivity index (χ0v) is 10.3. The van der Waals surface area contributed by atoms with E-state index in [1.807, 2.05) is 0 Å². The molecule has 1 aliphatic rings. The molecule has 0 spiro atoms. The minimum absolute atomic E-state index is 0.190. The van der Waals surface area contributed by atoms with Crippen molar-refractivity contribution in [3.63, 3.8) is 0 Å². The zero-order valence-electron chi connectivity index (χ0n) is 9.59. The lowest BCUT2D eigenvalue weighted by Crippen LogP contribution is -2.33. The summed E-state index contributed by atoms with van der Waals surface area (Å²) in [6.45, 7) is -0.405. The molecule has 3 heterocycles. The molecule has 4 atom stereocenters. The Morgan fingerprint density at radius 2 is 2.11 bits per heavy atom. The molecule has 3 N–H and O–H groups in total. The molecule has 3 rings (SSSR count). The Morgan fingerprint density at radius 1 is 1.32 bits per heavy atom. The molecule has 8 nitrogen and oxygen atoms in total. The molecule has 1 saturated heterocycles. The van der Waals surface area contributed by atoms with Crippen LogP contribution in [0, 0.1) is 0 Å². The van der Waals surface area contributed by atoms with Crippen LogP contribution in [-0.2, 0) is 4.74 Å². The topological polar surface area (TPSA) is 114 Å². The zero-order chi connectivity index (χ0) is 13.6. The van der Waals surface area contributed by atoms with Crippen LogP contribution >= 0.6 is 11.6 Å². The van der Waals surface area contributed by atoms with Crippen molar-refractivity contribution < 1.29 is 20.1 Å². The van der Waals surface area contributed by atoms with E-state index in [4.69, 9.17) is 21.4 Å². The summed E-state index contributed by atoms with van der Waals surface area (Å²) in [5, 5.41) is 37.0. The molecule has 0 aromatic carbocycles. The van der Waals surface area contributed by atoms with Gasteiger partial charge < -0.3 is 20.1 Å². The van der Waals surface area contributed by atoms with Gasteiger partial charge in [-0.1, -0.05) is 11.6 Å². The number of aliphatic hydroxyl groups is 3.